The van der Waals surface area contributed by atoms with Crippen molar-refractivity contribution in [2.75, 3.05) is 39.6 Å². The van der Waals surface area contributed by atoms with Crippen LogP contribution >= 0.6 is 0 Å². The third kappa shape index (κ3) is 8.98. The highest BCUT2D eigenvalue weighted by Crippen LogP contribution is 2.27. The Morgan fingerprint density at radius 3 is 1.75 bits per heavy atom. The second kappa shape index (κ2) is 14.3. The van der Waals surface area contributed by atoms with Gasteiger partial charge in [-0.05, 0) is 48.6 Å². The van der Waals surface area contributed by atoms with Crippen LogP contribution in [0.1, 0.15) is 24.0 Å². The summed E-state index contributed by atoms with van der Waals surface area (Å²) < 4.78 is 11.2. The van der Waals surface area contributed by atoms with Crippen molar-refractivity contribution in [3.05, 3.63) is 71.8 Å². The van der Waals surface area contributed by atoms with E-state index in [9.17, 15) is 0 Å². The van der Waals surface area contributed by atoms with Crippen molar-refractivity contribution in [2.24, 2.45) is 11.8 Å². The molecule has 0 aromatic heterocycles. The van der Waals surface area contributed by atoms with Crippen LogP contribution in [0.2, 0.25) is 0 Å². The summed E-state index contributed by atoms with van der Waals surface area (Å²) in [5, 5.41) is 18.0. The van der Waals surface area contributed by atoms with Crippen molar-refractivity contribution in [3.63, 3.8) is 0 Å². The number of benzene rings is 2. The first-order valence-electron chi connectivity index (χ1n) is 10.3. The predicted octanol–water partition coefficient (Wildman–Crippen LogP) is 3.50. The summed E-state index contributed by atoms with van der Waals surface area (Å²) in [7, 11) is 0. The van der Waals surface area contributed by atoms with Crippen LogP contribution in [0, 0.1) is 11.8 Å². The van der Waals surface area contributed by atoms with E-state index in [0.717, 1.165) is 25.7 Å². The molecule has 2 aromatic carbocycles. The van der Waals surface area contributed by atoms with Crippen LogP contribution in [-0.4, -0.2) is 49.9 Å². The van der Waals surface area contributed by atoms with Crippen LogP contribution in [0.3, 0.4) is 0 Å². The molecule has 0 heterocycles. The van der Waals surface area contributed by atoms with Gasteiger partial charge in [-0.1, -0.05) is 60.7 Å². The van der Waals surface area contributed by atoms with Crippen molar-refractivity contribution in [1.82, 2.24) is 0 Å². The molecule has 0 aliphatic carbocycles. The Morgan fingerprint density at radius 1 is 0.643 bits per heavy atom. The van der Waals surface area contributed by atoms with E-state index in [2.05, 4.69) is 48.5 Å². The van der Waals surface area contributed by atoms with Gasteiger partial charge in [-0.3, -0.25) is 0 Å². The molecule has 2 N–H and O–H groups in total. The summed E-state index contributed by atoms with van der Waals surface area (Å²) in [5.74, 6) is 0.825. The second-order valence-electron chi connectivity index (χ2n) is 7.18. The third-order valence-corrected chi connectivity index (χ3v) is 5.01. The van der Waals surface area contributed by atoms with Crippen LogP contribution in [0.4, 0.5) is 0 Å². The van der Waals surface area contributed by atoms with Crippen LogP contribution < -0.4 is 0 Å². The largest absolute Gasteiger partial charge is 0.394 e. The molecule has 0 aliphatic heterocycles. The fourth-order valence-corrected chi connectivity index (χ4v) is 3.61. The van der Waals surface area contributed by atoms with Gasteiger partial charge in [-0.15, -0.1) is 0 Å². The van der Waals surface area contributed by atoms with E-state index < -0.39 is 0 Å². The van der Waals surface area contributed by atoms with Crippen LogP contribution in [0.25, 0.3) is 0 Å². The lowest BCUT2D eigenvalue weighted by Gasteiger charge is -2.28. The zero-order chi connectivity index (χ0) is 19.9. The Kier molecular flexibility index (Phi) is 11.5. The maximum atomic E-state index is 9.10. The third-order valence-electron chi connectivity index (χ3n) is 5.01. The van der Waals surface area contributed by atoms with E-state index >= 15 is 0 Å². The molecule has 2 rings (SSSR count). The lowest BCUT2D eigenvalue weighted by Crippen LogP contribution is -2.26. The number of hydrogen-bond donors (Lipinski definition) is 2. The molecule has 2 atom stereocenters. The number of aliphatic hydroxyl groups is 2. The first-order chi connectivity index (χ1) is 13.8. The second-order valence-corrected chi connectivity index (χ2v) is 7.18. The summed E-state index contributed by atoms with van der Waals surface area (Å²) in [5.41, 5.74) is 2.65. The monoisotopic (exact) mass is 386 g/mol. The van der Waals surface area contributed by atoms with Crippen molar-refractivity contribution in [3.8, 4) is 0 Å². The van der Waals surface area contributed by atoms with Crippen LogP contribution in [0.15, 0.2) is 60.7 Å². The number of hydrogen-bond acceptors (Lipinski definition) is 4. The molecular formula is C24H34O4. The molecule has 28 heavy (non-hydrogen) atoms. The molecule has 4 nitrogen and oxygen atoms in total. The summed E-state index contributed by atoms with van der Waals surface area (Å²) in [4.78, 5) is 0. The van der Waals surface area contributed by atoms with Crippen molar-refractivity contribution in [2.45, 2.75) is 25.7 Å². The van der Waals surface area contributed by atoms with Gasteiger partial charge >= 0.3 is 0 Å². The molecular weight excluding hydrogens is 352 g/mol. The highest BCUT2D eigenvalue weighted by molar-refractivity contribution is 5.17. The summed E-state index contributed by atoms with van der Waals surface area (Å²) in [6, 6.07) is 21.1. The summed E-state index contributed by atoms with van der Waals surface area (Å²) in [6.45, 7) is 2.21. The molecule has 2 aromatic rings. The molecule has 0 saturated heterocycles. The zero-order valence-electron chi connectivity index (χ0n) is 16.7. The Bertz CT molecular complexity index is 603. The average Bonchev–Trinajstić information content (AvgIpc) is 2.74. The van der Waals surface area contributed by atoms with Crippen molar-refractivity contribution < 1.29 is 19.7 Å². The molecule has 0 radical (unpaired) electrons. The summed E-state index contributed by atoms with van der Waals surface area (Å²) in [6.07, 6.45) is 3.96. The van der Waals surface area contributed by atoms with E-state index in [1.54, 1.807) is 0 Å². The first kappa shape index (κ1) is 22.6. The van der Waals surface area contributed by atoms with Crippen LogP contribution in [0.5, 0.6) is 0 Å². The molecule has 0 unspecified atom stereocenters. The molecule has 0 fully saturated rings. The SMILES string of the molecule is OCCOCCC[C@@H](Cc1ccccc1)[C@@H](COCCO)Cc1ccccc1. The van der Waals surface area contributed by atoms with E-state index in [1.165, 1.54) is 11.1 Å². The minimum atomic E-state index is 0.0520. The zero-order valence-corrected chi connectivity index (χ0v) is 16.7. The minimum Gasteiger partial charge on any atom is -0.394 e. The highest BCUT2D eigenvalue weighted by atomic mass is 16.5. The van der Waals surface area contributed by atoms with E-state index in [0.29, 0.717) is 38.3 Å². The maximum Gasteiger partial charge on any atom is 0.0697 e. The maximum absolute atomic E-state index is 9.10. The Morgan fingerprint density at radius 2 is 1.18 bits per heavy atom. The van der Waals surface area contributed by atoms with E-state index in [-0.39, 0.29) is 13.2 Å². The van der Waals surface area contributed by atoms with Gasteiger partial charge in [-0.2, -0.15) is 0 Å². The van der Waals surface area contributed by atoms with Gasteiger partial charge in [-0.25, -0.2) is 0 Å². The normalized spacial score (nSPS) is 13.4. The fraction of sp³-hybridized carbons (Fsp3) is 0.500. The van der Waals surface area contributed by atoms with Gasteiger partial charge in [0.2, 0.25) is 0 Å². The highest BCUT2D eigenvalue weighted by Gasteiger charge is 2.22. The Balaban J connectivity index is 2.06. The molecule has 0 aliphatic rings. The molecule has 0 spiro atoms. The standard InChI is InChI=1S/C24H34O4/c25-13-16-27-15-7-12-23(18-21-8-3-1-4-9-21)24(20-28-17-14-26)19-22-10-5-2-6-11-22/h1-6,8-11,23-26H,7,12-20H2/t23-,24+/m0/s1. The minimum absolute atomic E-state index is 0.0520. The van der Waals surface area contributed by atoms with Crippen molar-refractivity contribution >= 4 is 0 Å². The van der Waals surface area contributed by atoms with Gasteiger partial charge in [0.1, 0.15) is 0 Å². The Hall–Kier alpha value is -1.72. The first-order valence-corrected chi connectivity index (χ1v) is 10.3. The number of ether oxygens (including phenoxy) is 2. The Labute approximate surface area is 169 Å². The lowest BCUT2D eigenvalue weighted by molar-refractivity contribution is 0.0455. The molecule has 0 bridgehead atoms. The van der Waals surface area contributed by atoms with Gasteiger partial charge in [0.05, 0.1) is 33.0 Å². The van der Waals surface area contributed by atoms with Gasteiger partial charge < -0.3 is 19.7 Å². The van der Waals surface area contributed by atoms with Gasteiger partial charge in [0.25, 0.3) is 0 Å². The average molecular weight is 387 g/mol. The topological polar surface area (TPSA) is 58.9 Å². The van der Waals surface area contributed by atoms with E-state index in [4.69, 9.17) is 19.7 Å². The number of rotatable bonds is 15. The molecule has 154 valence electrons. The van der Waals surface area contributed by atoms with Gasteiger partial charge in [0, 0.05) is 6.61 Å². The van der Waals surface area contributed by atoms with Crippen LogP contribution in [-0.2, 0) is 22.3 Å². The predicted molar refractivity (Wildman–Crippen MR) is 112 cm³/mol. The number of aliphatic hydroxyl groups excluding tert-OH is 2. The van der Waals surface area contributed by atoms with Crippen molar-refractivity contribution in [1.29, 1.82) is 0 Å². The summed E-state index contributed by atoms with van der Waals surface area (Å²) >= 11 is 0. The molecule has 4 heteroatoms. The fourth-order valence-electron chi connectivity index (χ4n) is 3.61. The smallest absolute Gasteiger partial charge is 0.0697 e. The van der Waals surface area contributed by atoms with Gasteiger partial charge in [0.15, 0.2) is 0 Å². The lowest BCUT2D eigenvalue weighted by atomic mass is 9.80. The van der Waals surface area contributed by atoms with E-state index in [1.807, 2.05) is 12.1 Å². The quantitative estimate of drug-likeness (QED) is 0.460. The molecule has 0 saturated carbocycles. The molecule has 0 amide bonds.